The van der Waals surface area contributed by atoms with Gasteiger partial charge in [-0.05, 0) is 40.5 Å². The van der Waals surface area contributed by atoms with Crippen molar-refractivity contribution in [1.82, 2.24) is 0 Å². The number of nitro benzene ring substituents is 1. The summed E-state index contributed by atoms with van der Waals surface area (Å²) in [5, 5.41) is 21.3. The number of non-ortho nitro benzene ring substituents is 1. The Balaban J connectivity index is 2.45. The number of phenols is 1. The third kappa shape index (κ3) is 3.40. The summed E-state index contributed by atoms with van der Waals surface area (Å²) in [6.45, 7) is 1.82. The highest BCUT2D eigenvalue weighted by molar-refractivity contribution is 9.10. The van der Waals surface area contributed by atoms with E-state index in [1.54, 1.807) is 18.2 Å². The molecule has 0 unspecified atom stereocenters. The van der Waals surface area contributed by atoms with Crippen molar-refractivity contribution in [3.63, 3.8) is 0 Å². The van der Waals surface area contributed by atoms with Gasteiger partial charge < -0.3 is 5.11 Å². The first-order valence-electron chi connectivity index (χ1n) is 5.86. The number of nitrogens with zero attached hydrogens (tertiary/aromatic N) is 2. The Morgan fingerprint density at radius 1 is 1.43 bits per heavy atom. The Labute approximate surface area is 134 Å². The van der Waals surface area contributed by atoms with Gasteiger partial charge in [-0.2, -0.15) is 0 Å². The van der Waals surface area contributed by atoms with Gasteiger partial charge in [0.2, 0.25) is 0 Å². The molecule has 108 valence electrons. The monoisotopic (exact) mass is 368 g/mol. The van der Waals surface area contributed by atoms with Crippen LogP contribution >= 0.6 is 27.5 Å². The maximum absolute atomic E-state index is 10.8. The Bertz CT molecular complexity index is 747. The molecule has 0 fully saturated rings. The van der Waals surface area contributed by atoms with Gasteiger partial charge in [-0.25, -0.2) is 0 Å². The first-order chi connectivity index (χ1) is 9.90. The number of rotatable bonds is 3. The van der Waals surface area contributed by atoms with E-state index in [9.17, 15) is 15.2 Å². The second kappa shape index (κ2) is 6.24. The van der Waals surface area contributed by atoms with Crippen LogP contribution in [0.5, 0.6) is 5.75 Å². The molecule has 0 spiro atoms. The molecule has 0 atom stereocenters. The summed E-state index contributed by atoms with van der Waals surface area (Å²) in [5.74, 6) is -0.107. The fourth-order valence-electron chi connectivity index (χ4n) is 1.68. The third-order valence-corrected chi connectivity index (χ3v) is 3.88. The molecule has 0 saturated heterocycles. The molecular weight excluding hydrogens is 360 g/mol. The van der Waals surface area contributed by atoms with Crippen LogP contribution in [0.15, 0.2) is 39.8 Å². The topological polar surface area (TPSA) is 75.7 Å². The highest BCUT2D eigenvalue weighted by atomic mass is 79.9. The van der Waals surface area contributed by atoms with Gasteiger partial charge in [0.15, 0.2) is 0 Å². The first-order valence-corrected chi connectivity index (χ1v) is 7.03. The van der Waals surface area contributed by atoms with Crippen molar-refractivity contribution in [2.24, 2.45) is 4.99 Å². The zero-order valence-corrected chi connectivity index (χ0v) is 13.2. The largest absolute Gasteiger partial charge is 0.506 e. The van der Waals surface area contributed by atoms with Gasteiger partial charge in [0.25, 0.3) is 5.69 Å². The minimum Gasteiger partial charge on any atom is -0.506 e. The number of benzene rings is 2. The van der Waals surface area contributed by atoms with E-state index < -0.39 is 4.92 Å². The molecule has 5 nitrogen and oxygen atoms in total. The summed E-state index contributed by atoms with van der Waals surface area (Å²) < 4.78 is 0.237. The molecule has 0 aliphatic carbocycles. The van der Waals surface area contributed by atoms with Crippen molar-refractivity contribution in [2.45, 2.75) is 6.92 Å². The quantitative estimate of drug-likeness (QED) is 0.481. The second-order valence-electron chi connectivity index (χ2n) is 4.26. The summed E-state index contributed by atoms with van der Waals surface area (Å²) in [4.78, 5) is 14.5. The van der Waals surface area contributed by atoms with Crippen LogP contribution in [0.4, 0.5) is 11.4 Å². The molecular formula is C14H10BrClN2O3. The SMILES string of the molecule is Cc1c(Cl)cccc1N=Cc1cc([N+](=O)[O-])cc(Br)c1O. The molecule has 21 heavy (non-hydrogen) atoms. The van der Waals surface area contributed by atoms with Crippen molar-refractivity contribution >= 4 is 45.1 Å². The van der Waals surface area contributed by atoms with Crippen LogP contribution < -0.4 is 0 Å². The summed E-state index contributed by atoms with van der Waals surface area (Å²) in [5.41, 5.74) is 1.53. The van der Waals surface area contributed by atoms with Crippen molar-refractivity contribution in [3.8, 4) is 5.75 Å². The van der Waals surface area contributed by atoms with Crippen LogP contribution in [0.3, 0.4) is 0 Å². The molecule has 0 bridgehead atoms. The Morgan fingerprint density at radius 3 is 2.81 bits per heavy atom. The predicted molar refractivity (Wildman–Crippen MR) is 85.9 cm³/mol. The van der Waals surface area contributed by atoms with E-state index in [0.29, 0.717) is 10.7 Å². The maximum Gasteiger partial charge on any atom is 0.271 e. The molecule has 7 heteroatoms. The lowest BCUT2D eigenvalue weighted by molar-refractivity contribution is -0.385. The lowest BCUT2D eigenvalue weighted by atomic mass is 10.2. The molecule has 0 radical (unpaired) electrons. The normalized spacial score (nSPS) is 11.0. The van der Waals surface area contributed by atoms with Crippen LogP contribution in [0, 0.1) is 17.0 Å². The minimum atomic E-state index is -0.536. The molecule has 0 saturated carbocycles. The number of phenolic OH excluding ortho intramolecular Hbond substituents is 1. The Kier molecular flexibility index (Phi) is 4.59. The lowest BCUT2D eigenvalue weighted by Gasteiger charge is -2.04. The number of nitro groups is 1. The van der Waals surface area contributed by atoms with E-state index in [4.69, 9.17) is 11.6 Å². The fourth-order valence-corrected chi connectivity index (χ4v) is 2.32. The highest BCUT2D eigenvalue weighted by Gasteiger charge is 2.13. The number of aliphatic imine (C=N–C) groups is 1. The fraction of sp³-hybridized carbons (Fsp3) is 0.0714. The van der Waals surface area contributed by atoms with E-state index in [1.165, 1.54) is 18.3 Å². The number of aromatic hydroxyl groups is 1. The second-order valence-corrected chi connectivity index (χ2v) is 5.53. The number of hydrogen-bond donors (Lipinski definition) is 1. The zero-order chi connectivity index (χ0) is 15.6. The van der Waals surface area contributed by atoms with Gasteiger partial charge in [0.1, 0.15) is 5.75 Å². The molecule has 2 rings (SSSR count). The number of halogens is 2. The number of hydrogen-bond acceptors (Lipinski definition) is 4. The van der Waals surface area contributed by atoms with Crippen molar-refractivity contribution in [3.05, 3.63) is 61.1 Å². The van der Waals surface area contributed by atoms with Crippen LogP contribution in [0.25, 0.3) is 0 Å². The zero-order valence-electron chi connectivity index (χ0n) is 10.9. The van der Waals surface area contributed by atoms with Crippen LogP contribution in [0.1, 0.15) is 11.1 Å². The van der Waals surface area contributed by atoms with Gasteiger partial charge >= 0.3 is 0 Å². The van der Waals surface area contributed by atoms with E-state index in [-0.39, 0.29) is 21.5 Å². The third-order valence-electron chi connectivity index (χ3n) is 2.87. The molecule has 0 heterocycles. The molecule has 2 aromatic carbocycles. The van der Waals surface area contributed by atoms with Crippen LogP contribution in [-0.4, -0.2) is 16.2 Å². The standard InChI is InChI=1S/C14H10BrClN2O3/c1-8-12(16)3-2-4-13(8)17-7-9-5-10(18(20)21)6-11(15)14(9)19/h2-7,19H,1H3. The van der Waals surface area contributed by atoms with Gasteiger partial charge in [0, 0.05) is 28.9 Å². The summed E-state index contributed by atoms with van der Waals surface area (Å²) in [7, 11) is 0. The van der Waals surface area contributed by atoms with Crippen molar-refractivity contribution in [1.29, 1.82) is 0 Å². The van der Waals surface area contributed by atoms with E-state index in [2.05, 4.69) is 20.9 Å². The van der Waals surface area contributed by atoms with E-state index >= 15 is 0 Å². The average Bonchev–Trinajstić information content (AvgIpc) is 2.44. The lowest BCUT2D eigenvalue weighted by Crippen LogP contribution is -1.92. The predicted octanol–water partition coefficient (Wildman–Crippen LogP) is 4.78. The summed E-state index contributed by atoms with van der Waals surface area (Å²) in [6, 6.07) is 7.75. The maximum atomic E-state index is 10.8. The van der Waals surface area contributed by atoms with E-state index in [0.717, 1.165) is 5.56 Å². The molecule has 0 aromatic heterocycles. The van der Waals surface area contributed by atoms with Gasteiger partial charge in [-0.15, -0.1) is 0 Å². The van der Waals surface area contributed by atoms with Crippen LogP contribution in [-0.2, 0) is 0 Å². The minimum absolute atomic E-state index is 0.107. The van der Waals surface area contributed by atoms with E-state index in [1.807, 2.05) is 6.92 Å². The van der Waals surface area contributed by atoms with Gasteiger partial charge in [0.05, 0.1) is 15.1 Å². The molecule has 1 N–H and O–H groups in total. The Morgan fingerprint density at radius 2 is 2.14 bits per heavy atom. The van der Waals surface area contributed by atoms with Gasteiger partial charge in [-0.1, -0.05) is 17.7 Å². The molecule has 0 aliphatic heterocycles. The molecule has 0 amide bonds. The van der Waals surface area contributed by atoms with Crippen molar-refractivity contribution in [2.75, 3.05) is 0 Å². The Hall–Kier alpha value is -1.92. The van der Waals surface area contributed by atoms with Crippen LogP contribution in [0.2, 0.25) is 5.02 Å². The van der Waals surface area contributed by atoms with Crippen molar-refractivity contribution < 1.29 is 10.0 Å². The molecule has 0 aliphatic rings. The summed E-state index contributed by atoms with van der Waals surface area (Å²) in [6.07, 6.45) is 1.37. The smallest absolute Gasteiger partial charge is 0.271 e. The van der Waals surface area contributed by atoms with Gasteiger partial charge in [-0.3, -0.25) is 15.1 Å². The molecule has 2 aromatic rings. The highest BCUT2D eigenvalue weighted by Crippen LogP contribution is 2.32. The first kappa shape index (κ1) is 15.5. The average molecular weight is 370 g/mol. The summed E-state index contributed by atoms with van der Waals surface area (Å²) >= 11 is 9.08.